The van der Waals surface area contributed by atoms with Crippen LogP contribution in [-0.2, 0) is 5.41 Å². The van der Waals surface area contributed by atoms with Gasteiger partial charge in [-0.25, -0.2) is 0 Å². The number of hydrogen-bond acceptors (Lipinski definition) is 1. The molecule has 0 aliphatic rings. The van der Waals surface area contributed by atoms with Crippen molar-refractivity contribution in [2.75, 3.05) is 0 Å². The van der Waals surface area contributed by atoms with E-state index in [4.69, 9.17) is 4.43 Å². The highest BCUT2D eigenvalue weighted by Crippen LogP contribution is 2.24. The normalized spacial score (nSPS) is 11.3. The number of benzene rings is 2. The summed E-state index contributed by atoms with van der Waals surface area (Å²) in [6.07, 6.45) is 0. The second kappa shape index (κ2) is 5.40. The third-order valence-electron chi connectivity index (χ3n) is 2.78. The van der Waals surface area contributed by atoms with Gasteiger partial charge in [0, 0.05) is 0 Å². The van der Waals surface area contributed by atoms with Crippen LogP contribution in [0.4, 0.5) is 0 Å². The Balaban J connectivity index is 1.99. The Morgan fingerprint density at radius 1 is 0.833 bits per heavy atom. The van der Waals surface area contributed by atoms with Crippen LogP contribution in [0.5, 0.6) is 5.75 Å². The molecule has 0 bridgehead atoms. The van der Waals surface area contributed by atoms with Gasteiger partial charge >= 0.3 is 9.76 Å². The van der Waals surface area contributed by atoms with E-state index in [-0.39, 0.29) is 5.41 Å². The second-order valence-electron chi connectivity index (χ2n) is 5.34. The molecule has 0 spiro atoms. The summed E-state index contributed by atoms with van der Waals surface area (Å²) in [7, 11) is 0.365. The van der Waals surface area contributed by atoms with Crippen molar-refractivity contribution in [3.8, 4) is 5.75 Å². The molecule has 0 unspecified atom stereocenters. The lowest BCUT2D eigenvalue weighted by molar-refractivity contribution is 0.581. The fourth-order valence-electron chi connectivity index (χ4n) is 1.65. The molecule has 0 amide bonds. The fraction of sp³-hybridized carbons (Fsp3) is 0.250. The van der Waals surface area contributed by atoms with Crippen LogP contribution >= 0.6 is 0 Å². The van der Waals surface area contributed by atoms with Crippen LogP contribution in [0.2, 0.25) is 0 Å². The van der Waals surface area contributed by atoms with E-state index in [0.717, 1.165) is 5.75 Å². The molecule has 0 N–H and O–H groups in total. The van der Waals surface area contributed by atoms with Crippen molar-refractivity contribution in [1.82, 2.24) is 0 Å². The van der Waals surface area contributed by atoms with E-state index in [2.05, 4.69) is 57.2 Å². The standard InChI is InChI=1S/C16H18OSi/c1-16(2,3)13-9-11-14(12-10-13)17-18-15-7-5-4-6-8-15/h4-12H,1-3H3. The molecule has 0 aliphatic carbocycles. The Labute approximate surface area is 112 Å². The predicted molar refractivity (Wildman–Crippen MR) is 77.6 cm³/mol. The molecule has 0 heterocycles. The average molecular weight is 254 g/mol. The maximum absolute atomic E-state index is 5.79. The fourth-order valence-corrected chi connectivity index (χ4v) is 2.35. The monoisotopic (exact) mass is 254 g/mol. The molecular formula is C16H18OSi. The van der Waals surface area contributed by atoms with Gasteiger partial charge in [0.15, 0.2) is 0 Å². The molecule has 2 aromatic carbocycles. The van der Waals surface area contributed by atoms with E-state index in [1.807, 2.05) is 18.2 Å². The highest BCUT2D eigenvalue weighted by molar-refractivity contribution is 6.47. The van der Waals surface area contributed by atoms with Crippen molar-refractivity contribution in [1.29, 1.82) is 0 Å². The summed E-state index contributed by atoms with van der Waals surface area (Å²) in [6.45, 7) is 6.65. The Hall–Kier alpha value is -1.54. The first-order valence-electron chi connectivity index (χ1n) is 6.14. The van der Waals surface area contributed by atoms with Crippen LogP contribution in [0.25, 0.3) is 0 Å². The minimum Gasteiger partial charge on any atom is -0.536 e. The lowest BCUT2D eigenvalue weighted by atomic mass is 9.87. The minimum atomic E-state index is 0.195. The molecule has 0 fully saturated rings. The molecule has 0 saturated carbocycles. The Morgan fingerprint density at radius 3 is 2.00 bits per heavy atom. The molecule has 0 atom stereocenters. The van der Waals surface area contributed by atoms with E-state index < -0.39 is 0 Å². The van der Waals surface area contributed by atoms with Gasteiger partial charge in [-0.15, -0.1) is 0 Å². The maximum atomic E-state index is 5.79. The second-order valence-corrected chi connectivity index (χ2v) is 6.33. The first-order valence-corrected chi connectivity index (χ1v) is 7.05. The molecule has 0 saturated heterocycles. The summed E-state index contributed by atoms with van der Waals surface area (Å²) in [6, 6.07) is 18.7. The van der Waals surface area contributed by atoms with Gasteiger partial charge in [0.05, 0.1) is 0 Å². The van der Waals surface area contributed by atoms with Crippen molar-refractivity contribution in [2.24, 2.45) is 0 Å². The van der Waals surface area contributed by atoms with Gasteiger partial charge in [0.1, 0.15) is 5.75 Å². The molecule has 1 nitrogen and oxygen atoms in total. The van der Waals surface area contributed by atoms with Crippen LogP contribution in [0.3, 0.4) is 0 Å². The van der Waals surface area contributed by atoms with Crippen LogP contribution in [-0.4, -0.2) is 9.76 Å². The predicted octanol–water partition coefficient (Wildman–Crippen LogP) is 3.31. The highest BCUT2D eigenvalue weighted by atomic mass is 28.2. The van der Waals surface area contributed by atoms with Gasteiger partial charge in [-0.2, -0.15) is 0 Å². The minimum absolute atomic E-state index is 0.195. The number of hydrogen-bond donors (Lipinski definition) is 0. The molecule has 0 aliphatic heterocycles. The zero-order chi connectivity index (χ0) is 13.0. The van der Waals surface area contributed by atoms with Gasteiger partial charge in [-0.3, -0.25) is 0 Å². The lowest BCUT2D eigenvalue weighted by Crippen LogP contribution is -2.19. The first-order chi connectivity index (χ1) is 8.55. The molecule has 2 radical (unpaired) electrons. The topological polar surface area (TPSA) is 9.23 Å². The average Bonchev–Trinajstić information content (AvgIpc) is 2.37. The summed E-state index contributed by atoms with van der Waals surface area (Å²) in [5, 5.41) is 1.22. The van der Waals surface area contributed by atoms with E-state index in [0.29, 0.717) is 9.76 Å². The van der Waals surface area contributed by atoms with Crippen molar-refractivity contribution >= 4 is 14.9 Å². The van der Waals surface area contributed by atoms with Crippen molar-refractivity contribution in [3.63, 3.8) is 0 Å². The largest absolute Gasteiger partial charge is 0.536 e. The molecule has 0 aromatic heterocycles. The van der Waals surface area contributed by atoms with Crippen LogP contribution in [0, 0.1) is 0 Å². The zero-order valence-electron chi connectivity index (χ0n) is 11.1. The summed E-state index contributed by atoms with van der Waals surface area (Å²) in [4.78, 5) is 0. The van der Waals surface area contributed by atoms with E-state index in [1.54, 1.807) is 0 Å². The highest BCUT2D eigenvalue weighted by Gasteiger charge is 2.12. The van der Waals surface area contributed by atoms with Crippen molar-refractivity contribution < 1.29 is 4.43 Å². The summed E-state index contributed by atoms with van der Waals surface area (Å²) in [5.74, 6) is 0.935. The third kappa shape index (κ3) is 3.47. The van der Waals surface area contributed by atoms with Crippen LogP contribution in [0.1, 0.15) is 26.3 Å². The van der Waals surface area contributed by atoms with Gasteiger partial charge in [-0.1, -0.05) is 63.2 Å². The van der Waals surface area contributed by atoms with Gasteiger partial charge in [0.25, 0.3) is 0 Å². The molecule has 2 rings (SSSR count). The van der Waals surface area contributed by atoms with Gasteiger partial charge in [0.2, 0.25) is 0 Å². The smallest absolute Gasteiger partial charge is 0.351 e. The Morgan fingerprint density at radius 2 is 1.44 bits per heavy atom. The lowest BCUT2D eigenvalue weighted by Gasteiger charge is -2.19. The molecule has 2 aromatic rings. The molecular weight excluding hydrogens is 236 g/mol. The van der Waals surface area contributed by atoms with E-state index >= 15 is 0 Å². The van der Waals surface area contributed by atoms with Crippen LogP contribution < -0.4 is 9.61 Å². The maximum Gasteiger partial charge on any atom is 0.351 e. The summed E-state index contributed by atoms with van der Waals surface area (Å²) in [5.41, 5.74) is 1.53. The first kappa shape index (κ1) is 12.9. The third-order valence-corrected chi connectivity index (χ3v) is 3.69. The zero-order valence-corrected chi connectivity index (χ0v) is 12.1. The van der Waals surface area contributed by atoms with E-state index in [1.165, 1.54) is 10.8 Å². The number of rotatable bonds is 3. The molecule has 18 heavy (non-hydrogen) atoms. The van der Waals surface area contributed by atoms with Crippen molar-refractivity contribution in [2.45, 2.75) is 26.2 Å². The molecule has 2 heteroatoms. The Kier molecular flexibility index (Phi) is 3.87. The SMILES string of the molecule is CC(C)(C)c1ccc(O[Si]c2ccccc2)cc1. The Bertz CT molecular complexity index is 483. The van der Waals surface area contributed by atoms with Gasteiger partial charge < -0.3 is 4.43 Å². The summed E-state index contributed by atoms with van der Waals surface area (Å²) < 4.78 is 5.79. The summed E-state index contributed by atoms with van der Waals surface area (Å²) >= 11 is 0. The van der Waals surface area contributed by atoms with E-state index in [9.17, 15) is 0 Å². The van der Waals surface area contributed by atoms with Crippen molar-refractivity contribution in [3.05, 3.63) is 60.2 Å². The molecule has 92 valence electrons. The van der Waals surface area contributed by atoms with Gasteiger partial charge in [-0.05, 0) is 28.3 Å². The van der Waals surface area contributed by atoms with Crippen LogP contribution in [0.15, 0.2) is 54.6 Å². The quantitative estimate of drug-likeness (QED) is 0.764.